The van der Waals surface area contributed by atoms with Gasteiger partial charge < -0.3 is 36.8 Å². The molecule has 7 N–H and O–H groups in total. The molecule has 0 unspecified atom stereocenters. The third-order valence-corrected chi connectivity index (χ3v) is 10.7. The Bertz CT molecular complexity index is 2220. The first-order valence-corrected chi connectivity index (χ1v) is 20.1. The fourth-order valence-corrected chi connectivity index (χ4v) is 7.55. The quantitative estimate of drug-likeness (QED) is 0.109. The number of hydrogen-bond donors (Lipinski definition) is 7. The second kappa shape index (κ2) is 20.2. The minimum absolute atomic E-state index is 0.00232. The van der Waals surface area contributed by atoms with Crippen LogP contribution in [0.2, 0.25) is 0 Å². The fraction of sp³-hybridized carbons (Fsp3) is 0.244. The molecule has 0 radical (unpaired) electrons. The van der Waals surface area contributed by atoms with E-state index in [9.17, 15) is 39.0 Å². The summed E-state index contributed by atoms with van der Waals surface area (Å²) in [6.45, 7) is 0. The molecule has 3 heterocycles. The number of benzene rings is 4. The van der Waals surface area contributed by atoms with Gasteiger partial charge in [0.05, 0.1) is 12.8 Å². The van der Waals surface area contributed by atoms with Crippen LogP contribution < -0.4 is 26.6 Å². The minimum Gasteiger partial charge on any atom is -0.481 e. The Morgan fingerprint density at radius 3 is 1.73 bits per heavy atom. The van der Waals surface area contributed by atoms with E-state index in [1.54, 1.807) is 60.7 Å². The SMILES string of the molecule is O=C(O)C[C@@H]1Cc2ccc(cc2)NC(=O)[C@H](O)CC(=O)N[C@H](Cc2cccs2)C(=O)N[C@@H](Cc2ccc(-c3ccccc3)cc2)C(=O)N[C@H](Cc2ccccc2)C(=O)N1. The van der Waals surface area contributed by atoms with Crippen molar-refractivity contribution in [3.05, 3.63) is 148 Å². The number of aliphatic hydroxyl groups is 1. The Morgan fingerprint density at radius 1 is 0.576 bits per heavy atom. The third-order valence-electron chi connectivity index (χ3n) is 9.84. The molecule has 5 aromatic rings. The topological polar surface area (TPSA) is 203 Å². The second-order valence-corrected chi connectivity index (χ2v) is 15.4. The third kappa shape index (κ3) is 12.4. The Balaban J connectivity index is 1.35. The van der Waals surface area contributed by atoms with Gasteiger partial charge in [0.1, 0.15) is 24.2 Å². The predicted octanol–water partition coefficient (Wildman–Crippen LogP) is 3.80. The number of carboxylic acid groups (broad SMARTS) is 1. The lowest BCUT2D eigenvalue weighted by molar-refractivity contribution is -0.138. The fourth-order valence-electron chi connectivity index (χ4n) is 6.79. The molecule has 0 saturated carbocycles. The summed E-state index contributed by atoms with van der Waals surface area (Å²) in [5.41, 5.74) is 4.30. The largest absolute Gasteiger partial charge is 0.481 e. The maximum absolute atomic E-state index is 14.5. The highest BCUT2D eigenvalue weighted by atomic mass is 32.1. The number of anilines is 1. The first-order valence-electron chi connectivity index (χ1n) is 19.2. The number of thiophene rings is 1. The van der Waals surface area contributed by atoms with E-state index in [2.05, 4.69) is 26.6 Å². The first kappa shape index (κ1) is 42.0. The van der Waals surface area contributed by atoms with Gasteiger partial charge in [0.2, 0.25) is 23.6 Å². The number of carbonyl (C=O) groups excluding carboxylic acids is 5. The van der Waals surface area contributed by atoms with Crippen molar-refractivity contribution in [3.8, 4) is 11.1 Å². The molecule has 0 spiro atoms. The smallest absolute Gasteiger partial charge is 0.305 e. The van der Waals surface area contributed by atoms with Crippen molar-refractivity contribution in [3.63, 3.8) is 0 Å². The number of carboxylic acids is 1. The summed E-state index contributed by atoms with van der Waals surface area (Å²) in [5.74, 6) is -4.80. The Hall–Kier alpha value is -6.64. The summed E-state index contributed by atoms with van der Waals surface area (Å²) in [6.07, 6.45) is -2.63. The van der Waals surface area contributed by atoms with E-state index in [0.29, 0.717) is 16.8 Å². The van der Waals surface area contributed by atoms with E-state index >= 15 is 0 Å². The molecule has 0 aliphatic carbocycles. The summed E-state index contributed by atoms with van der Waals surface area (Å²) in [7, 11) is 0. The van der Waals surface area contributed by atoms with E-state index in [1.165, 1.54) is 11.3 Å². The molecule has 5 amide bonds. The zero-order chi connectivity index (χ0) is 41.7. The molecule has 1 aromatic heterocycles. The van der Waals surface area contributed by atoms with Crippen LogP contribution in [0.15, 0.2) is 127 Å². The number of aliphatic carboxylic acids is 1. The van der Waals surface area contributed by atoms with E-state index in [-0.39, 0.29) is 25.7 Å². The highest BCUT2D eigenvalue weighted by Crippen LogP contribution is 2.21. The zero-order valence-electron chi connectivity index (χ0n) is 32.0. The summed E-state index contributed by atoms with van der Waals surface area (Å²) >= 11 is 1.36. The molecule has 0 saturated heterocycles. The average Bonchev–Trinajstić information content (AvgIpc) is 3.74. The van der Waals surface area contributed by atoms with Crippen LogP contribution in [0, 0.1) is 0 Å². The van der Waals surface area contributed by atoms with Gasteiger partial charge >= 0.3 is 5.97 Å². The van der Waals surface area contributed by atoms with Gasteiger partial charge in [-0.2, -0.15) is 0 Å². The summed E-state index contributed by atoms with van der Waals surface area (Å²) in [5, 5.41) is 36.0. The lowest BCUT2D eigenvalue weighted by atomic mass is 9.98. The van der Waals surface area contributed by atoms with Gasteiger partial charge in [-0.05, 0) is 57.8 Å². The number of rotatable bonds is 9. The number of hydrogen-bond acceptors (Lipinski definition) is 8. The standard InChI is InChI=1S/C45H45N5O8S/c51-39-27-40(52)48-38(26-35-12-7-21-59-35)44(57)50-37(24-30-13-17-32(18-14-30)31-10-5-2-6-11-31)43(56)49-36(23-28-8-3-1-4-9-28)42(55)47-34(25-41(53)54)22-29-15-19-33(20-16-29)46-45(39)58/h1-21,34,36-39,51H,22-27H2,(H,46,58)(H,47,55)(H,48,52)(H,49,56)(H,50,57)(H,53,54)/t34-,36+,37-,38+,39+/m0/s1. The summed E-state index contributed by atoms with van der Waals surface area (Å²) < 4.78 is 0. The zero-order valence-corrected chi connectivity index (χ0v) is 32.8. The van der Waals surface area contributed by atoms with Crippen molar-refractivity contribution >= 4 is 52.5 Å². The molecule has 14 heteroatoms. The molecule has 5 atom stereocenters. The van der Waals surface area contributed by atoms with Crippen molar-refractivity contribution in [2.24, 2.45) is 0 Å². The lowest BCUT2D eigenvalue weighted by Gasteiger charge is -2.27. The molecule has 13 nitrogen and oxygen atoms in total. The molecule has 4 aromatic carbocycles. The monoisotopic (exact) mass is 815 g/mol. The predicted molar refractivity (Wildman–Crippen MR) is 223 cm³/mol. The maximum atomic E-state index is 14.5. The van der Waals surface area contributed by atoms with Gasteiger partial charge in [-0.3, -0.25) is 28.8 Å². The van der Waals surface area contributed by atoms with E-state index in [4.69, 9.17) is 0 Å². The van der Waals surface area contributed by atoms with Gasteiger partial charge in [0.15, 0.2) is 0 Å². The van der Waals surface area contributed by atoms with E-state index < -0.39 is 78.6 Å². The Kier molecular flexibility index (Phi) is 14.4. The van der Waals surface area contributed by atoms with Crippen molar-refractivity contribution in [1.82, 2.24) is 21.3 Å². The molecule has 0 fully saturated rings. The Morgan fingerprint density at radius 2 is 1.14 bits per heavy atom. The lowest BCUT2D eigenvalue weighted by Crippen LogP contribution is -2.58. The van der Waals surface area contributed by atoms with Crippen molar-refractivity contribution in [2.45, 2.75) is 68.8 Å². The number of aliphatic hydroxyl groups excluding tert-OH is 1. The molecule has 2 bridgehead atoms. The van der Waals surface area contributed by atoms with Gasteiger partial charge in [-0.25, -0.2) is 0 Å². The van der Waals surface area contributed by atoms with Crippen molar-refractivity contribution < 1.29 is 39.0 Å². The molecule has 2 aliphatic rings. The minimum atomic E-state index is -1.76. The number of amides is 5. The molecule has 7 rings (SSSR count). The number of fused-ring (bicyclic) bond motifs is 18. The molecular weight excluding hydrogens is 771 g/mol. The van der Waals surface area contributed by atoms with Crippen molar-refractivity contribution in [2.75, 3.05) is 5.32 Å². The molecule has 304 valence electrons. The van der Waals surface area contributed by atoms with Gasteiger partial charge in [-0.15, -0.1) is 11.3 Å². The highest BCUT2D eigenvalue weighted by Gasteiger charge is 2.32. The van der Waals surface area contributed by atoms with Crippen molar-refractivity contribution in [1.29, 1.82) is 0 Å². The normalized spacial score (nSPS) is 20.9. The summed E-state index contributed by atoms with van der Waals surface area (Å²) in [4.78, 5) is 81.8. The molecule has 59 heavy (non-hydrogen) atoms. The van der Waals surface area contributed by atoms with Crippen LogP contribution in [0.5, 0.6) is 0 Å². The van der Waals surface area contributed by atoms with Crippen LogP contribution in [-0.4, -0.2) is 76.0 Å². The Labute approximate surface area is 345 Å². The maximum Gasteiger partial charge on any atom is 0.305 e. The number of carbonyl (C=O) groups is 6. The van der Waals surface area contributed by atoms with Crippen LogP contribution >= 0.6 is 11.3 Å². The molecular formula is C45H45N5O8S. The summed E-state index contributed by atoms with van der Waals surface area (Å²) in [6, 6.07) is 31.7. The first-order chi connectivity index (χ1) is 28.5. The van der Waals surface area contributed by atoms with E-state index in [0.717, 1.165) is 21.6 Å². The van der Waals surface area contributed by atoms with Crippen LogP contribution in [0.4, 0.5) is 5.69 Å². The van der Waals surface area contributed by atoms with Gasteiger partial charge in [0, 0.05) is 35.9 Å². The highest BCUT2D eigenvalue weighted by molar-refractivity contribution is 7.09. The van der Waals surface area contributed by atoms with Gasteiger partial charge in [0.25, 0.3) is 5.91 Å². The van der Waals surface area contributed by atoms with Crippen LogP contribution in [0.25, 0.3) is 11.1 Å². The molecule has 2 aliphatic heterocycles. The van der Waals surface area contributed by atoms with Crippen LogP contribution in [0.1, 0.15) is 34.4 Å². The van der Waals surface area contributed by atoms with Crippen LogP contribution in [0.3, 0.4) is 0 Å². The van der Waals surface area contributed by atoms with Gasteiger partial charge in [-0.1, -0.05) is 103 Å². The average molecular weight is 816 g/mol. The number of nitrogens with one attached hydrogen (secondary N) is 5. The van der Waals surface area contributed by atoms with E-state index in [1.807, 2.05) is 66.0 Å². The van der Waals surface area contributed by atoms with Crippen LogP contribution in [-0.2, 0) is 54.5 Å². The second-order valence-electron chi connectivity index (χ2n) is 14.4.